The van der Waals surface area contributed by atoms with E-state index in [0.717, 1.165) is 22.3 Å². The molecule has 0 aliphatic heterocycles. The molecule has 0 heterocycles. The summed E-state index contributed by atoms with van der Waals surface area (Å²) in [4.78, 5) is 52.9. The lowest BCUT2D eigenvalue weighted by molar-refractivity contribution is -0.109. The van der Waals surface area contributed by atoms with E-state index in [-0.39, 0.29) is 31.4 Å². The van der Waals surface area contributed by atoms with Crippen LogP contribution in [0.5, 0.6) is 0 Å². The molecule has 11 nitrogen and oxygen atoms in total. The fraction of sp³-hybridized carbons (Fsp3) is 0.452. The number of ether oxygens (including phenoxy) is 3. The zero-order valence-electron chi connectivity index (χ0n) is 25.0. The summed E-state index contributed by atoms with van der Waals surface area (Å²) >= 11 is 0. The van der Waals surface area contributed by atoms with Gasteiger partial charge in [-0.25, -0.2) is 14.4 Å². The van der Waals surface area contributed by atoms with Gasteiger partial charge >= 0.3 is 18.3 Å². The van der Waals surface area contributed by atoms with E-state index in [2.05, 4.69) is 33.1 Å². The van der Waals surface area contributed by atoms with E-state index in [1.54, 1.807) is 41.5 Å². The first kappa shape index (κ1) is 32.1. The second-order valence-corrected chi connectivity index (χ2v) is 11.8. The van der Waals surface area contributed by atoms with E-state index in [4.69, 9.17) is 14.2 Å². The van der Waals surface area contributed by atoms with Crippen LogP contribution in [0.1, 0.15) is 71.4 Å². The summed E-state index contributed by atoms with van der Waals surface area (Å²) in [5.74, 6) is -0.258. The van der Waals surface area contributed by atoms with Gasteiger partial charge in [0.05, 0.1) is 6.04 Å². The monoisotopic (exact) mass is 580 g/mol. The molecule has 2 aromatic rings. The summed E-state index contributed by atoms with van der Waals surface area (Å²) < 4.78 is 16.0. The van der Waals surface area contributed by atoms with Gasteiger partial charge in [-0.2, -0.15) is 0 Å². The number of hydrogen-bond donors (Lipinski definition) is 3. The van der Waals surface area contributed by atoms with Gasteiger partial charge in [0.25, 0.3) is 0 Å². The van der Waals surface area contributed by atoms with Crippen LogP contribution >= 0.6 is 0 Å². The number of nitrogens with one attached hydrogen (secondary N) is 3. The highest BCUT2D eigenvalue weighted by Crippen LogP contribution is 2.44. The number of alkyl carbamates (subject to hydrolysis) is 3. The van der Waals surface area contributed by atoms with Gasteiger partial charge in [-0.05, 0) is 76.6 Å². The summed E-state index contributed by atoms with van der Waals surface area (Å²) in [6.45, 7) is 10.5. The molecule has 0 spiro atoms. The van der Waals surface area contributed by atoms with Gasteiger partial charge < -0.3 is 24.3 Å². The van der Waals surface area contributed by atoms with Crippen molar-refractivity contribution in [3.05, 3.63) is 59.7 Å². The quantitative estimate of drug-likeness (QED) is 0.127. The first-order chi connectivity index (χ1) is 19.8. The first-order valence-electron chi connectivity index (χ1n) is 13.9. The third-order valence-electron chi connectivity index (χ3n) is 5.99. The SMILES string of the molecule is CC(C)(C)OC(=O)NC(=NCCCC(C=O)NC(=O)OCC1c2ccccc2-c2ccccc21)NC(=O)OC(C)(C)C. The molecule has 0 bridgehead atoms. The Morgan fingerprint density at radius 1 is 0.833 bits per heavy atom. The van der Waals surface area contributed by atoms with Gasteiger partial charge in [0, 0.05) is 12.5 Å². The molecule has 42 heavy (non-hydrogen) atoms. The van der Waals surface area contributed by atoms with Gasteiger partial charge in [0.15, 0.2) is 0 Å². The lowest BCUT2D eigenvalue weighted by atomic mass is 9.98. The molecular weight excluding hydrogens is 540 g/mol. The molecule has 2 aromatic carbocycles. The topological polar surface area (TPSA) is 144 Å². The predicted octanol–water partition coefficient (Wildman–Crippen LogP) is 5.28. The number of carbonyl (C=O) groups excluding carboxylic acids is 4. The van der Waals surface area contributed by atoms with Crippen LogP contribution in [0.25, 0.3) is 11.1 Å². The van der Waals surface area contributed by atoms with Crippen molar-refractivity contribution in [2.45, 2.75) is 77.5 Å². The van der Waals surface area contributed by atoms with Crippen LogP contribution in [0.15, 0.2) is 53.5 Å². The zero-order chi connectivity index (χ0) is 30.9. The number of guanidine groups is 1. The Morgan fingerprint density at radius 3 is 1.81 bits per heavy atom. The van der Waals surface area contributed by atoms with Gasteiger partial charge in [-0.1, -0.05) is 48.5 Å². The molecule has 226 valence electrons. The summed E-state index contributed by atoms with van der Waals surface area (Å²) in [6.07, 6.45) is -1.08. The highest BCUT2D eigenvalue weighted by atomic mass is 16.6. The van der Waals surface area contributed by atoms with Crippen molar-refractivity contribution in [3.63, 3.8) is 0 Å². The van der Waals surface area contributed by atoms with Crippen LogP contribution in [0.3, 0.4) is 0 Å². The molecule has 1 aliphatic carbocycles. The molecule has 11 heteroatoms. The lowest BCUT2D eigenvalue weighted by Gasteiger charge is -2.22. The maximum atomic E-state index is 12.6. The van der Waals surface area contributed by atoms with E-state index in [0.29, 0.717) is 12.7 Å². The normalized spacial score (nSPS) is 13.1. The highest BCUT2D eigenvalue weighted by molar-refractivity contribution is 6.01. The Kier molecular flexibility index (Phi) is 10.7. The van der Waals surface area contributed by atoms with E-state index >= 15 is 0 Å². The number of fused-ring (bicyclic) bond motifs is 3. The second kappa shape index (κ2) is 14.0. The molecule has 3 N–H and O–H groups in total. The minimum Gasteiger partial charge on any atom is -0.449 e. The number of aliphatic imine (C=N–C) groups is 1. The number of benzene rings is 2. The van der Waals surface area contributed by atoms with Crippen molar-refractivity contribution in [3.8, 4) is 11.1 Å². The number of aldehydes is 1. The van der Waals surface area contributed by atoms with Crippen molar-refractivity contribution in [1.29, 1.82) is 0 Å². The Balaban J connectivity index is 1.53. The van der Waals surface area contributed by atoms with E-state index in [9.17, 15) is 19.2 Å². The number of rotatable bonds is 8. The summed E-state index contributed by atoms with van der Waals surface area (Å²) in [5.41, 5.74) is 2.90. The molecular formula is C31H40N4O7. The van der Waals surface area contributed by atoms with Gasteiger partial charge in [0.1, 0.15) is 24.1 Å². The molecule has 0 fully saturated rings. The molecule has 1 atom stereocenters. The Labute approximate surface area is 246 Å². The van der Waals surface area contributed by atoms with Crippen LogP contribution in [0.4, 0.5) is 14.4 Å². The molecule has 3 amide bonds. The summed E-state index contributed by atoms with van der Waals surface area (Å²) in [5, 5.41) is 7.39. The minimum absolute atomic E-state index is 0.0967. The highest BCUT2D eigenvalue weighted by Gasteiger charge is 2.29. The molecule has 0 saturated heterocycles. The predicted molar refractivity (Wildman–Crippen MR) is 158 cm³/mol. The fourth-order valence-electron chi connectivity index (χ4n) is 4.38. The Morgan fingerprint density at radius 2 is 1.33 bits per heavy atom. The standard InChI is InChI=1S/C31H40N4O7/c1-30(2,3)41-28(38)34-26(35-29(39)42-31(4,5)6)32-17-11-12-20(18-36)33-27(37)40-19-25-23-15-9-7-13-21(23)22-14-8-10-16-24(22)25/h7-10,13-16,18,20,25H,11-12,17,19H2,1-6H3,(H,33,37)(H2,32,34,35,38,39). The largest absolute Gasteiger partial charge is 0.449 e. The van der Waals surface area contributed by atoms with Crippen LogP contribution in [-0.2, 0) is 19.0 Å². The molecule has 3 rings (SSSR count). The van der Waals surface area contributed by atoms with E-state index in [1.165, 1.54) is 0 Å². The third kappa shape index (κ3) is 9.90. The van der Waals surface area contributed by atoms with Crippen molar-refractivity contribution in [2.75, 3.05) is 13.2 Å². The van der Waals surface area contributed by atoms with Crippen LogP contribution in [0.2, 0.25) is 0 Å². The minimum atomic E-state index is -0.808. The van der Waals surface area contributed by atoms with Gasteiger partial charge in [0.2, 0.25) is 5.96 Å². The van der Waals surface area contributed by atoms with Crippen molar-refractivity contribution >= 4 is 30.5 Å². The zero-order valence-corrected chi connectivity index (χ0v) is 25.0. The molecule has 0 saturated carbocycles. The van der Waals surface area contributed by atoms with Crippen molar-refractivity contribution < 1.29 is 33.4 Å². The summed E-state index contributed by atoms with van der Waals surface area (Å²) in [7, 11) is 0. The maximum absolute atomic E-state index is 12.6. The number of nitrogens with zero attached hydrogens (tertiary/aromatic N) is 1. The van der Waals surface area contributed by atoms with E-state index in [1.807, 2.05) is 36.4 Å². The smallest absolute Gasteiger partial charge is 0.414 e. The van der Waals surface area contributed by atoms with E-state index < -0.39 is 35.5 Å². The molecule has 0 radical (unpaired) electrons. The van der Waals surface area contributed by atoms with Gasteiger partial charge in [-0.3, -0.25) is 15.6 Å². The third-order valence-corrected chi connectivity index (χ3v) is 5.99. The Hall–Kier alpha value is -4.41. The van der Waals surface area contributed by atoms with Crippen molar-refractivity contribution in [1.82, 2.24) is 16.0 Å². The Bertz CT molecular complexity index is 1230. The van der Waals surface area contributed by atoms with Crippen molar-refractivity contribution in [2.24, 2.45) is 4.99 Å². The average molecular weight is 581 g/mol. The molecule has 1 unspecified atom stereocenters. The number of carbonyl (C=O) groups is 4. The van der Waals surface area contributed by atoms with Crippen LogP contribution in [0, 0.1) is 0 Å². The number of amides is 3. The van der Waals surface area contributed by atoms with Gasteiger partial charge in [-0.15, -0.1) is 0 Å². The maximum Gasteiger partial charge on any atom is 0.414 e. The summed E-state index contributed by atoms with van der Waals surface area (Å²) in [6, 6.07) is 15.2. The fourth-order valence-corrected chi connectivity index (χ4v) is 4.38. The average Bonchev–Trinajstić information content (AvgIpc) is 3.20. The van der Waals surface area contributed by atoms with Crippen LogP contribution in [-0.4, -0.2) is 60.9 Å². The molecule has 0 aromatic heterocycles. The molecule has 1 aliphatic rings. The second-order valence-electron chi connectivity index (χ2n) is 11.8. The first-order valence-corrected chi connectivity index (χ1v) is 13.9. The lowest BCUT2D eigenvalue weighted by Crippen LogP contribution is -2.47. The number of hydrogen-bond acceptors (Lipinski definition) is 8. The van der Waals surface area contributed by atoms with Crippen LogP contribution < -0.4 is 16.0 Å².